The number of rotatable bonds is 3. The van der Waals surface area contributed by atoms with Gasteiger partial charge in [0, 0.05) is 0 Å². The van der Waals surface area contributed by atoms with Crippen LogP contribution in [0, 0.1) is 6.92 Å². The second-order valence-electron chi connectivity index (χ2n) is 3.60. The first kappa shape index (κ1) is 11.2. The fourth-order valence-electron chi connectivity index (χ4n) is 1.71. The van der Waals surface area contributed by atoms with Crippen LogP contribution in [0.5, 0.6) is 0 Å². The van der Waals surface area contributed by atoms with Gasteiger partial charge >= 0.3 is 96.6 Å². The van der Waals surface area contributed by atoms with E-state index >= 15 is 0 Å². The zero-order valence-corrected chi connectivity index (χ0v) is 10.1. The van der Waals surface area contributed by atoms with E-state index in [1.54, 1.807) is 0 Å². The fourth-order valence-corrected chi connectivity index (χ4v) is 4.33. The summed E-state index contributed by atoms with van der Waals surface area (Å²) < 4.78 is 6.78. The second kappa shape index (κ2) is 5.13. The molecule has 0 aromatic heterocycles. The predicted molar refractivity (Wildman–Crippen MR) is 60.2 cm³/mol. The molecule has 1 saturated heterocycles. The number of aliphatic hydroxyl groups excluding tert-OH is 1. The topological polar surface area (TPSA) is 29.5 Å². The van der Waals surface area contributed by atoms with Crippen LogP contribution in [0.1, 0.15) is 6.42 Å². The van der Waals surface area contributed by atoms with E-state index in [9.17, 15) is 0 Å². The molecule has 1 aliphatic heterocycles. The van der Waals surface area contributed by atoms with Gasteiger partial charge in [0.05, 0.1) is 0 Å². The van der Waals surface area contributed by atoms with Crippen molar-refractivity contribution in [2.24, 2.45) is 0 Å². The van der Waals surface area contributed by atoms with Gasteiger partial charge in [-0.15, -0.1) is 0 Å². The van der Waals surface area contributed by atoms with Crippen LogP contribution < -0.4 is 4.46 Å². The van der Waals surface area contributed by atoms with E-state index < -0.39 is 0 Å². The van der Waals surface area contributed by atoms with E-state index in [4.69, 9.17) is 16.8 Å². The van der Waals surface area contributed by atoms with Gasteiger partial charge in [0.15, 0.2) is 0 Å². The van der Waals surface area contributed by atoms with Gasteiger partial charge in [0.2, 0.25) is 0 Å². The van der Waals surface area contributed by atoms with Gasteiger partial charge in [-0.25, -0.2) is 0 Å². The molecule has 2 radical (unpaired) electrons. The third kappa shape index (κ3) is 2.82. The molecule has 0 saturated carbocycles. The monoisotopic (exact) mass is 270 g/mol. The van der Waals surface area contributed by atoms with Crippen LogP contribution in [0.2, 0.25) is 4.82 Å². The van der Waals surface area contributed by atoms with Crippen molar-refractivity contribution in [3.8, 4) is 0 Å². The molecule has 1 unspecified atom stereocenters. The minimum atomic E-state index is -0.197. The van der Waals surface area contributed by atoms with E-state index in [0.29, 0.717) is 19.8 Å². The van der Waals surface area contributed by atoms with Crippen molar-refractivity contribution in [3.05, 3.63) is 37.3 Å². The van der Waals surface area contributed by atoms with E-state index in [-0.39, 0.29) is 18.8 Å². The number of aliphatic hydroxyl groups is 1. The Morgan fingerprint density at radius 1 is 1.40 bits per heavy atom. The molecule has 1 N–H and O–H groups in total. The van der Waals surface area contributed by atoms with Gasteiger partial charge in [-0.2, -0.15) is 0 Å². The molecule has 15 heavy (non-hydrogen) atoms. The summed E-state index contributed by atoms with van der Waals surface area (Å²) in [5.41, 5.74) is 0. The Labute approximate surface area is 96.8 Å². The standard InChI is InChI=1S/C12H14O2Se/c1-9-7-12(11(8-13)14-9)15-10-5-3-2-4-6-10/h1-6,9,11-13H,7-8H2/t9?,11-,12-/m1/s1. The quantitative estimate of drug-likeness (QED) is 0.817. The Hall–Kier alpha value is -0.341. The fraction of sp³-hybridized carbons (Fsp3) is 0.417. The van der Waals surface area contributed by atoms with Gasteiger partial charge < -0.3 is 0 Å². The molecular formula is C12H14O2Se. The number of hydrogen-bond acceptors (Lipinski definition) is 2. The van der Waals surface area contributed by atoms with Crippen LogP contribution in [0.25, 0.3) is 0 Å². The normalized spacial score (nSPS) is 30.7. The van der Waals surface area contributed by atoms with Gasteiger partial charge in [-0.05, 0) is 0 Å². The van der Waals surface area contributed by atoms with Crippen molar-refractivity contribution < 1.29 is 9.84 Å². The van der Waals surface area contributed by atoms with Crippen molar-refractivity contribution in [1.82, 2.24) is 0 Å². The molecule has 0 amide bonds. The molecule has 2 nitrogen and oxygen atoms in total. The maximum atomic E-state index is 9.16. The third-order valence-corrected chi connectivity index (χ3v) is 5.26. The first-order valence-corrected chi connectivity index (χ1v) is 6.88. The Morgan fingerprint density at radius 2 is 2.13 bits per heavy atom. The van der Waals surface area contributed by atoms with Crippen LogP contribution in [-0.2, 0) is 4.74 Å². The SMILES string of the molecule is [CH]C1C[C@@H]([Se]c2ccccc2)[C@@H](CO)O1. The Balaban J connectivity index is 2.00. The molecule has 0 bridgehead atoms. The van der Waals surface area contributed by atoms with E-state index in [1.807, 2.05) is 18.2 Å². The van der Waals surface area contributed by atoms with Crippen molar-refractivity contribution >= 4 is 19.4 Å². The zero-order valence-electron chi connectivity index (χ0n) is 8.37. The Bertz CT molecular complexity index is 302. The molecule has 0 aliphatic carbocycles. The summed E-state index contributed by atoms with van der Waals surface area (Å²) in [6, 6.07) is 10.3. The summed E-state index contributed by atoms with van der Waals surface area (Å²) in [7, 11) is 0. The van der Waals surface area contributed by atoms with Crippen LogP contribution in [0.4, 0.5) is 0 Å². The molecule has 3 heteroatoms. The van der Waals surface area contributed by atoms with Crippen LogP contribution in [-0.4, -0.2) is 38.9 Å². The van der Waals surface area contributed by atoms with Crippen molar-refractivity contribution in [3.63, 3.8) is 0 Å². The second-order valence-corrected chi connectivity index (χ2v) is 6.35. The third-order valence-electron chi connectivity index (χ3n) is 2.44. The summed E-state index contributed by atoms with van der Waals surface area (Å²) in [6.07, 6.45) is 0.595. The van der Waals surface area contributed by atoms with Gasteiger partial charge in [-0.3, -0.25) is 0 Å². The van der Waals surface area contributed by atoms with Crippen molar-refractivity contribution in [1.29, 1.82) is 0 Å². The zero-order chi connectivity index (χ0) is 10.7. The molecule has 1 aromatic carbocycles. The molecule has 1 aliphatic rings. The van der Waals surface area contributed by atoms with E-state index in [2.05, 4.69) is 12.1 Å². The van der Waals surface area contributed by atoms with E-state index in [0.717, 1.165) is 6.42 Å². The van der Waals surface area contributed by atoms with Crippen LogP contribution >= 0.6 is 0 Å². The summed E-state index contributed by atoms with van der Waals surface area (Å²) in [5, 5.41) is 9.16. The molecular weight excluding hydrogens is 255 g/mol. The number of hydrogen-bond donors (Lipinski definition) is 1. The summed E-state index contributed by atoms with van der Waals surface area (Å²) in [5.74, 6) is 0. The van der Waals surface area contributed by atoms with Crippen molar-refractivity contribution in [2.45, 2.75) is 23.4 Å². The first-order chi connectivity index (χ1) is 7.29. The molecule has 3 atom stereocenters. The molecule has 1 fully saturated rings. The van der Waals surface area contributed by atoms with Crippen LogP contribution in [0.3, 0.4) is 0 Å². The summed E-state index contributed by atoms with van der Waals surface area (Å²) >= 11 is 0.336. The summed E-state index contributed by atoms with van der Waals surface area (Å²) in [4.78, 5) is 0.403. The Morgan fingerprint density at radius 3 is 2.80 bits per heavy atom. The Kier molecular flexibility index (Phi) is 3.81. The van der Waals surface area contributed by atoms with Gasteiger partial charge in [0.25, 0.3) is 0 Å². The molecule has 0 spiro atoms. The van der Waals surface area contributed by atoms with Gasteiger partial charge in [0.1, 0.15) is 0 Å². The predicted octanol–water partition coefficient (Wildman–Crippen LogP) is 0.665. The first-order valence-electron chi connectivity index (χ1n) is 5.03. The average molecular weight is 269 g/mol. The van der Waals surface area contributed by atoms with Crippen LogP contribution in [0.15, 0.2) is 30.3 Å². The molecule has 80 valence electrons. The molecule has 2 rings (SSSR count). The molecule has 1 aromatic rings. The summed E-state index contributed by atoms with van der Waals surface area (Å²) in [6.45, 7) is 5.80. The van der Waals surface area contributed by atoms with Crippen molar-refractivity contribution in [2.75, 3.05) is 6.61 Å². The number of benzene rings is 1. The minimum absolute atomic E-state index is 0.0693. The van der Waals surface area contributed by atoms with E-state index in [1.165, 1.54) is 4.46 Å². The van der Waals surface area contributed by atoms with Gasteiger partial charge in [-0.1, -0.05) is 0 Å². The maximum absolute atomic E-state index is 9.16. The average Bonchev–Trinajstić information content (AvgIpc) is 2.60. The number of ether oxygens (including phenoxy) is 1. The molecule has 1 heterocycles.